The minimum atomic E-state index is -0.877. The number of rotatable bonds is 3. The maximum absolute atomic E-state index is 12.1. The Labute approximate surface area is 123 Å². The molecule has 21 heavy (non-hydrogen) atoms. The highest BCUT2D eigenvalue weighted by molar-refractivity contribution is 6.61. The van der Waals surface area contributed by atoms with Gasteiger partial charge in [-0.05, 0) is 34.8 Å². The number of nitrogen functional groups attached to an aromatic ring is 1. The second-order valence-corrected chi connectivity index (χ2v) is 4.94. The minimum Gasteiger partial charge on any atom is -0.423 e. The SMILES string of the molecule is Nc1cccc(C(=O)/C=C/c2ccc3c(c2)B(O)OC3)c1. The minimum absolute atomic E-state index is 0.111. The van der Waals surface area contributed by atoms with Gasteiger partial charge in [-0.3, -0.25) is 4.79 Å². The lowest BCUT2D eigenvalue weighted by molar-refractivity contribution is 0.104. The number of ketones is 1. The van der Waals surface area contributed by atoms with E-state index in [1.165, 1.54) is 6.08 Å². The normalized spacial score (nSPS) is 13.7. The lowest BCUT2D eigenvalue weighted by atomic mass is 9.79. The summed E-state index contributed by atoms with van der Waals surface area (Å²) in [5.74, 6) is -0.111. The van der Waals surface area contributed by atoms with E-state index in [1.54, 1.807) is 30.3 Å². The molecule has 5 heteroatoms. The Morgan fingerprint density at radius 3 is 2.95 bits per heavy atom. The fourth-order valence-electron chi connectivity index (χ4n) is 2.30. The highest BCUT2D eigenvalue weighted by atomic mass is 16.5. The van der Waals surface area contributed by atoms with Crippen LogP contribution in [0.25, 0.3) is 6.08 Å². The van der Waals surface area contributed by atoms with Crippen molar-refractivity contribution < 1.29 is 14.5 Å². The predicted molar refractivity (Wildman–Crippen MR) is 83.1 cm³/mol. The molecule has 0 aromatic heterocycles. The van der Waals surface area contributed by atoms with E-state index in [-0.39, 0.29) is 5.78 Å². The molecule has 0 aliphatic carbocycles. The van der Waals surface area contributed by atoms with Gasteiger partial charge in [0.25, 0.3) is 0 Å². The summed E-state index contributed by atoms with van der Waals surface area (Å²) in [4.78, 5) is 12.1. The van der Waals surface area contributed by atoms with E-state index in [0.717, 1.165) is 16.6 Å². The molecule has 3 rings (SSSR count). The molecule has 0 fully saturated rings. The zero-order chi connectivity index (χ0) is 14.8. The Morgan fingerprint density at radius 1 is 1.29 bits per heavy atom. The van der Waals surface area contributed by atoms with Gasteiger partial charge in [-0.2, -0.15) is 0 Å². The van der Waals surface area contributed by atoms with Crippen molar-refractivity contribution in [2.45, 2.75) is 6.61 Å². The Bertz CT molecular complexity index is 727. The third-order valence-corrected chi connectivity index (χ3v) is 3.43. The van der Waals surface area contributed by atoms with Crippen LogP contribution in [0.15, 0.2) is 48.5 Å². The molecule has 3 N–H and O–H groups in total. The topological polar surface area (TPSA) is 72.6 Å². The van der Waals surface area contributed by atoms with Gasteiger partial charge in [0.15, 0.2) is 5.78 Å². The number of carbonyl (C=O) groups excluding carboxylic acids is 1. The highest BCUT2D eigenvalue weighted by Gasteiger charge is 2.26. The molecular formula is C16H14BNO3. The standard InChI is InChI=1S/C16H14BNO3/c18-14-3-1-2-12(9-14)16(19)7-5-11-4-6-13-10-21-17(20)15(13)8-11/h1-9,20H,10,18H2/b7-5+. The summed E-state index contributed by atoms with van der Waals surface area (Å²) in [5.41, 5.74) is 9.35. The molecule has 1 heterocycles. The number of anilines is 1. The molecule has 0 spiro atoms. The number of hydrogen-bond donors (Lipinski definition) is 2. The van der Waals surface area contributed by atoms with Gasteiger partial charge in [-0.25, -0.2) is 0 Å². The number of fused-ring (bicyclic) bond motifs is 1. The number of hydrogen-bond acceptors (Lipinski definition) is 4. The largest absolute Gasteiger partial charge is 0.491 e. The van der Waals surface area contributed by atoms with E-state index in [9.17, 15) is 9.82 Å². The van der Waals surface area contributed by atoms with Crippen LogP contribution in [0.5, 0.6) is 0 Å². The van der Waals surface area contributed by atoms with Gasteiger partial charge in [0.05, 0.1) is 6.61 Å². The molecule has 4 nitrogen and oxygen atoms in total. The van der Waals surface area contributed by atoms with Crippen LogP contribution in [0.4, 0.5) is 5.69 Å². The first-order valence-corrected chi connectivity index (χ1v) is 6.64. The molecule has 104 valence electrons. The first-order chi connectivity index (χ1) is 10.1. The molecule has 0 radical (unpaired) electrons. The van der Waals surface area contributed by atoms with Gasteiger partial charge in [0.1, 0.15) is 0 Å². The number of benzene rings is 2. The van der Waals surface area contributed by atoms with Crippen molar-refractivity contribution in [3.63, 3.8) is 0 Å². The Morgan fingerprint density at radius 2 is 2.14 bits per heavy atom. The molecule has 2 aromatic carbocycles. The molecule has 0 saturated carbocycles. The van der Waals surface area contributed by atoms with Gasteiger partial charge in [0.2, 0.25) is 0 Å². The van der Waals surface area contributed by atoms with Crippen molar-refractivity contribution in [3.8, 4) is 0 Å². The van der Waals surface area contributed by atoms with Crippen LogP contribution in [-0.2, 0) is 11.3 Å². The smallest absolute Gasteiger partial charge is 0.423 e. The van der Waals surface area contributed by atoms with Crippen molar-refractivity contribution in [2.75, 3.05) is 5.73 Å². The molecule has 2 aromatic rings. The van der Waals surface area contributed by atoms with Crippen LogP contribution in [0.3, 0.4) is 0 Å². The van der Waals surface area contributed by atoms with Crippen LogP contribution in [-0.4, -0.2) is 17.9 Å². The Hall–Kier alpha value is -2.37. The van der Waals surface area contributed by atoms with Crippen LogP contribution in [0.1, 0.15) is 21.5 Å². The van der Waals surface area contributed by atoms with E-state index >= 15 is 0 Å². The third kappa shape index (κ3) is 2.89. The second kappa shape index (κ2) is 5.56. The molecule has 0 saturated heterocycles. The first kappa shape index (κ1) is 13.6. The average Bonchev–Trinajstić information content (AvgIpc) is 2.86. The van der Waals surface area contributed by atoms with Gasteiger partial charge in [-0.15, -0.1) is 0 Å². The summed E-state index contributed by atoms with van der Waals surface area (Å²) < 4.78 is 5.14. The summed E-state index contributed by atoms with van der Waals surface area (Å²) in [6.07, 6.45) is 3.22. The zero-order valence-electron chi connectivity index (χ0n) is 11.3. The van der Waals surface area contributed by atoms with Crippen LogP contribution < -0.4 is 11.2 Å². The third-order valence-electron chi connectivity index (χ3n) is 3.43. The van der Waals surface area contributed by atoms with Crippen LogP contribution in [0, 0.1) is 0 Å². The molecular weight excluding hydrogens is 265 g/mol. The van der Waals surface area contributed by atoms with Crippen LogP contribution >= 0.6 is 0 Å². The van der Waals surface area contributed by atoms with Crippen LogP contribution in [0.2, 0.25) is 0 Å². The first-order valence-electron chi connectivity index (χ1n) is 6.64. The summed E-state index contributed by atoms with van der Waals surface area (Å²) in [5, 5.41) is 9.66. The quantitative estimate of drug-likeness (QED) is 0.385. The average molecular weight is 279 g/mol. The van der Waals surface area contributed by atoms with E-state index in [0.29, 0.717) is 17.9 Å². The molecule has 0 atom stereocenters. The van der Waals surface area contributed by atoms with Crippen molar-refractivity contribution in [2.24, 2.45) is 0 Å². The Kier molecular flexibility index (Phi) is 3.60. The van der Waals surface area contributed by atoms with E-state index in [4.69, 9.17) is 10.4 Å². The lowest BCUT2D eigenvalue weighted by Gasteiger charge is -2.01. The highest BCUT2D eigenvalue weighted by Crippen LogP contribution is 2.13. The molecule has 1 aliphatic heterocycles. The number of nitrogens with two attached hydrogens (primary N) is 1. The monoisotopic (exact) mass is 279 g/mol. The fourth-order valence-corrected chi connectivity index (χ4v) is 2.30. The molecule has 0 unspecified atom stereocenters. The Balaban J connectivity index is 1.80. The fraction of sp³-hybridized carbons (Fsp3) is 0.0625. The molecule has 0 bridgehead atoms. The van der Waals surface area contributed by atoms with Gasteiger partial charge < -0.3 is 15.4 Å². The molecule has 1 aliphatic rings. The second-order valence-electron chi connectivity index (χ2n) is 4.94. The predicted octanol–water partition coefficient (Wildman–Crippen LogP) is 1.38. The lowest BCUT2D eigenvalue weighted by Crippen LogP contribution is -2.28. The number of carbonyl (C=O) groups is 1. The summed E-state index contributed by atoms with van der Waals surface area (Å²) in [7, 11) is -0.877. The summed E-state index contributed by atoms with van der Waals surface area (Å²) in [6.45, 7) is 0.419. The molecule has 0 amide bonds. The van der Waals surface area contributed by atoms with Crippen molar-refractivity contribution in [1.82, 2.24) is 0 Å². The summed E-state index contributed by atoms with van der Waals surface area (Å²) >= 11 is 0. The zero-order valence-corrected chi connectivity index (χ0v) is 11.3. The van der Waals surface area contributed by atoms with E-state index in [2.05, 4.69) is 0 Å². The van der Waals surface area contributed by atoms with Gasteiger partial charge >= 0.3 is 7.12 Å². The van der Waals surface area contributed by atoms with E-state index < -0.39 is 7.12 Å². The summed E-state index contributed by atoms with van der Waals surface area (Å²) in [6, 6.07) is 12.5. The number of allylic oxidation sites excluding steroid dienone is 1. The van der Waals surface area contributed by atoms with Gasteiger partial charge in [0, 0.05) is 11.3 Å². The maximum Gasteiger partial charge on any atom is 0.491 e. The van der Waals surface area contributed by atoms with Crippen molar-refractivity contribution in [3.05, 3.63) is 65.2 Å². The maximum atomic E-state index is 12.1. The van der Waals surface area contributed by atoms with E-state index in [1.807, 2.05) is 18.2 Å². The van der Waals surface area contributed by atoms with Gasteiger partial charge in [-0.1, -0.05) is 36.4 Å². The van der Waals surface area contributed by atoms with Crippen molar-refractivity contribution >= 4 is 30.1 Å². The van der Waals surface area contributed by atoms with Crippen molar-refractivity contribution in [1.29, 1.82) is 0 Å².